The average Bonchev–Trinajstić information content (AvgIpc) is 3.05. The van der Waals surface area contributed by atoms with Gasteiger partial charge in [0.2, 0.25) is 15.9 Å². The summed E-state index contributed by atoms with van der Waals surface area (Å²) in [5.41, 5.74) is 0.980. The lowest BCUT2D eigenvalue weighted by Crippen LogP contribution is -2.48. The van der Waals surface area contributed by atoms with Crippen molar-refractivity contribution < 1.29 is 22.7 Å². The molecule has 9 heteroatoms. The number of fused-ring (bicyclic) bond motifs is 1. The number of carbonyl (C=O) groups excluding carboxylic acids is 2. The second kappa shape index (κ2) is 8.19. The highest BCUT2D eigenvalue weighted by Gasteiger charge is 2.42. The van der Waals surface area contributed by atoms with E-state index in [1.54, 1.807) is 19.9 Å². The van der Waals surface area contributed by atoms with Crippen molar-refractivity contribution in [2.45, 2.75) is 69.4 Å². The quantitative estimate of drug-likeness (QED) is 0.786. The number of rotatable bonds is 3. The summed E-state index contributed by atoms with van der Waals surface area (Å²) in [5.74, 6) is -0.00764. The van der Waals surface area contributed by atoms with Crippen LogP contribution in [0.15, 0.2) is 17.0 Å². The van der Waals surface area contributed by atoms with Gasteiger partial charge in [0.1, 0.15) is 11.8 Å². The number of likely N-dealkylation sites (tertiary alicyclic amines) is 1. The van der Waals surface area contributed by atoms with Crippen LogP contribution in [0.2, 0.25) is 0 Å². The van der Waals surface area contributed by atoms with Crippen LogP contribution in [0.25, 0.3) is 0 Å². The molecule has 164 valence electrons. The third-order valence-electron chi connectivity index (χ3n) is 6.20. The van der Waals surface area contributed by atoms with Gasteiger partial charge >= 0.3 is 0 Å². The molecule has 2 saturated heterocycles. The number of ether oxygens (including phenoxy) is 1. The Morgan fingerprint density at radius 1 is 1.10 bits per heavy atom. The van der Waals surface area contributed by atoms with E-state index in [-0.39, 0.29) is 16.7 Å². The van der Waals surface area contributed by atoms with Crippen molar-refractivity contribution in [2.75, 3.05) is 25.0 Å². The van der Waals surface area contributed by atoms with Crippen LogP contribution in [0.5, 0.6) is 5.75 Å². The number of nitrogens with one attached hydrogen (secondary N) is 1. The molecule has 4 rings (SSSR count). The van der Waals surface area contributed by atoms with Gasteiger partial charge in [0.05, 0.1) is 10.6 Å². The number of benzene rings is 1. The van der Waals surface area contributed by atoms with Crippen molar-refractivity contribution in [3.8, 4) is 5.75 Å². The maximum absolute atomic E-state index is 13.6. The van der Waals surface area contributed by atoms with Gasteiger partial charge in [-0.25, -0.2) is 8.42 Å². The van der Waals surface area contributed by atoms with E-state index in [4.69, 9.17) is 4.74 Å². The maximum Gasteiger partial charge on any atom is 0.265 e. The summed E-state index contributed by atoms with van der Waals surface area (Å²) in [6.07, 6.45) is 4.67. The fourth-order valence-electron chi connectivity index (χ4n) is 4.52. The van der Waals surface area contributed by atoms with Gasteiger partial charge in [0.15, 0.2) is 6.10 Å². The van der Waals surface area contributed by atoms with E-state index in [9.17, 15) is 18.0 Å². The molecule has 0 unspecified atom stereocenters. The summed E-state index contributed by atoms with van der Waals surface area (Å²) >= 11 is 0. The van der Waals surface area contributed by atoms with Crippen LogP contribution in [-0.2, 0) is 19.6 Å². The van der Waals surface area contributed by atoms with E-state index in [1.807, 2.05) is 4.90 Å². The van der Waals surface area contributed by atoms with Crippen LogP contribution < -0.4 is 10.1 Å². The Bertz CT molecular complexity index is 954. The van der Waals surface area contributed by atoms with Crippen LogP contribution in [0.4, 0.5) is 5.69 Å². The largest absolute Gasteiger partial charge is 0.479 e. The number of hydrogen-bond donors (Lipinski definition) is 1. The minimum atomic E-state index is -3.88. The summed E-state index contributed by atoms with van der Waals surface area (Å²) in [7, 11) is -3.88. The Kier molecular flexibility index (Phi) is 5.76. The smallest absolute Gasteiger partial charge is 0.265 e. The fourth-order valence-corrected chi connectivity index (χ4v) is 6.40. The highest BCUT2D eigenvalue weighted by molar-refractivity contribution is 7.89. The van der Waals surface area contributed by atoms with Crippen LogP contribution in [0.3, 0.4) is 0 Å². The lowest BCUT2D eigenvalue weighted by atomic mass is 10.1. The van der Waals surface area contributed by atoms with Gasteiger partial charge in [-0.2, -0.15) is 4.31 Å². The van der Waals surface area contributed by atoms with Gasteiger partial charge in [0, 0.05) is 25.7 Å². The zero-order chi connectivity index (χ0) is 21.5. The second-order valence-electron chi connectivity index (χ2n) is 8.38. The predicted molar refractivity (Wildman–Crippen MR) is 112 cm³/mol. The van der Waals surface area contributed by atoms with E-state index >= 15 is 0 Å². The standard InChI is InChI=1S/C21H29N3O5S/c1-14-12-16-18(29-15(2)20(25)22-16)13-19(14)30(27,28)24-11-7-8-17(24)21(26)23-9-5-3-4-6-10-23/h12-13,15,17H,3-11H2,1-2H3,(H,22,25)/t15-,17+/m1/s1. The molecular weight excluding hydrogens is 406 g/mol. The van der Waals surface area contributed by atoms with Crippen molar-refractivity contribution in [3.05, 3.63) is 17.7 Å². The zero-order valence-corrected chi connectivity index (χ0v) is 18.3. The third-order valence-corrected chi connectivity index (χ3v) is 8.25. The molecule has 0 bridgehead atoms. The Balaban J connectivity index is 1.63. The Labute approximate surface area is 177 Å². The molecule has 1 N–H and O–H groups in total. The molecule has 8 nitrogen and oxygen atoms in total. The minimum Gasteiger partial charge on any atom is -0.479 e. The number of hydrogen-bond acceptors (Lipinski definition) is 5. The molecule has 3 aliphatic rings. The number of carbonyl (C=O) groups is 2. The Morgan fingerprint density at radius 3 is 2.50 bits per heavy atom. The van der Waals surface area contributed by atoms with Crippen molar-refractivity contribution in [2.24, 2.45) is 0 Å². The van der Waals surface area contributed by atoms with Gasteiger partial charge in [-0.1, -0.05) is 12.8 Å². The van der Waals surface area contributed by atoms with Gasteiger partial charge in [-0.15, -0.1) is 0 Å². The van der Waals surface area contributed by atoms with Gasteiger partial charge in [-0.05, 0) is 51.2 Å². The first-order valence-corrected chi connectivity index (χ1v) is 12.2. The molecule has 0 spiro atoms. The Hall–Kier alpha value is -2.13. The van der Waals surface area contributed by atoms with Crippen molar-refractivity contribution in [1.82, 2.24) is 9.21 Å². The van der Waals surface area contributed by atoms with Crippen molar-refractivity contribution in [3.63, 3.8) is 0 Å². The first kappa shape index (κ1) is 21.1. The zero-order valence-electron chi connectivity index (χ0n) is 17.5. The lowest BCUT2D eigenvalue weighted by molar-refractivity contribution is -0.134. The van der Waals surface area contributed by atoms with E-state index in [0.29, 0.717) is 49.5 Å². The highest BCUT2D eigenvalue weighted by Crippen LogP contribution is 2.37. The topological polar surface area (TPSA) is 96.0 Å². The summed E-state index contributed by atoms with van der Waals surface area (Å²) in [5, 5.41) is 2.74. The predicted octanol–water partition coefficient (Wildman–Crippen LogP) is 2.27. The number of aryl methyl sites for hydroxylation is 1. The van der Waals surface area contributed by atoms with E-state index in [2.05, 4.69) is 5.32 Å². The molecule has 2 atom stereocenters. The maximum atomic E-state index is 13.6. The molecule has 1 aromatic rings. The van der Waals surface area contributed by atoms with E-state index in [1.165, 1.54) is 10.4 Å². The SMILES string of the molecule is Cc1cc2c(cc1S(=O)(=O)N1CCC[C@H]1C(=O)N1CCCCCC1)O[C@H](C)C(=O)N2. The van der Waals surface area contributed by atoms with Crippen molar-refractivity contribution in [1.29, 1.82) is 0 Å². The lowest BCUT2D eigenvalue weighted by Gasteiger charge is -2.30. The molecular formula is C21H29N3O5S. The summed E-state index contributed by atoms with van der Waals surface area (Å²) in [6, 6.07) is 2.44. The van der Waals surface area contributed by atoms with Gasteiger partial charge in [0.25, 0.3) is 5.91 Å². The van der Waals surface area contributed by atoms with Gasteiger partial charge in [-0.3, -0.25) is 9.59 Å². The molecule has 3 heterocycles. The average molecular weight is 436 g/mol. The van der Waals surface area contributed by atoms with E-state index in [0.717, 1.165) is 25.7 Å². The highest BCUT2D eigenvalue weighted by atomic mass is 32.2. The van der Waals surface area contributed by atoms with E-state index < -0.39 is 22.2 Å². The summed E-state index contributed by atoms with van der Waals surface area (Å²) in [6.45, 7) is 5.04. The molecule has 0 aliphatic carbocycles. The third kappa shape index (κ3) is 3.80. The van der Waals surface area contributed by atoms with Crippen LogP contribution in [0, 0.1) is 6.92 Å². The normalized spacial score (nSPS) is 25.3. The molecule has 1 aromatic carbocycles. The summed E-state index contributed by atoms with van der Waals surface area (Å²) < 4.78 is 34.1. The summed E-state index contributed by atoms with van der Waals surface area (Å²) in [4.78, 5) is 27.0. The first-order chi connectivity index (χ1) is 14.3. The second-order valence-corrected chi connectivity index (χ2v) is 10.2. The van der Waals surface area contributed by atoms with Crippen LogP contribution in [-0.4, -0.2) is 61.2 Å². The number of nitrogens with zero attached hydrogens (tertiary/aromatic N) is 2. The van der Waals surface area contributed by atoms with Crippen LogP contribution >= 0.6 is 0 Å². The first-order valence-electron chi connectivity index (χ1n) is 10.7. The number of amides is 2. The van der Waals surface area contributed by atoms with Gasteiger partial charge < -0.3 is 15.0 Å². The molecule has 0 saturated carbocycles. The Morgan fingerprint density at radius 2 is 1.80 bits per heavy atom. The molecule has 0 aromatic heterocycles. The molecule has 0 radical (unpaired) electrons. The van der Waals surface area contributed by atoms with Crippen LogP contribution in [0.1, 0.15) is 51.0 Å². The number of anilines is 1. The minimum absolute atomic E-state index is 0.0780. The fraction of sp³-hybridized carbons (Fsp3) is 0.619. The molecule has 2 fully saturated rings. The van der Waals surface area contributed by atoms with Crippen molar-refractivity contribution >= 4 is 27.5 Å². The monoisotopic (exact) mass is 435 g/mol. The molecule has 2 amide bonds. The number of sulfonamides is 1. The molecule has 3 aliphatic heterocycles. The molecule has 30 heavy (non-hydrogen) atoms.